The summed E-state index contributed by atoms with van der Waals surface area (Å²) in [5.74, 6) is 1.15. The quantitative estimate of drug-likeness (QED) is 0.0642. The zero-order valence-corrected chi connectivity index (χ0v) is 39.7. The van der Waals surface area contributed by atoms with Crippen LogP contribution in [0.4, 0.5) is 17.2 Å². The van der Waals surface area contributed by atoms with Gasteiger partial charge in [0.1, 0.15) is 22.0 Å². The second-order valence-corrected chi connectivity index (χ2v) is 24.5. The number of benzene rings is 2. The van der Waals surface area contributed by atoms with Crippen LogP contribution in [0.25, 0.3) is 11.0 Å². The lowest BCUT2D eigenvalue weighted by atomic mass is 9.59. The highest BCUT2D eigenvalue weighted by Gasteiger charge is 2.50. The molecule has 1 amide bonds. The predicted octanol–water partition coefficient (Wildman–Crippen LogP) is 9.14. The van der Waals surface area contributed by atoms with Crippen molar-refractivity contribution in [1.82, 2.24) is 24.6 Å². The molecular formula is C49H59N9O7S2. The van der Waals surface area contributed by atoms with E-state index in [1.807, 2.05) is 6.07 Å². The fourth-order valence-corrected chi connectivity index (χ4v) is 13.5. The number of anilines is 2. The number of H-pyrrole nitrogens is 1. The fraction of sp³-hybridized carbons (Fsp3) is 0.490. The van der Waals surface area contributed by atoms with Gasteiger partial charge in [0.2, 0.25) is 5.82 Å². The van der Waals surface area contributed by atoms with Crippen molar-refractivity contribution in [3.63, 3.8) is 0 Å². The molecule has 5 heterocycles. The van der Waals surface area contributed by atoms with Crippen molar-refractivity contribution in [2.24, 2.45) is 16.7 Å². The van der Waals surface area contributed by atoms with Gasteiger partial charge in [-0.2, -0.15) is 0 Å². The maximum absolute atomic E-state index is 14.0. The fourth-order valence-electron chi connectivity index (χ4n) is 11.0. The molecule has 2 saturated heterocycles. The monoisotopic (exact) mass is 949 g/mol. The number of hydrogen-bond acceptors (Lipinski definition) is 13. The van der Waals surface area contributed by atoms with Crippen LogP contribution in [-0.2, 0) is 19.8 Å². The van der Waals surface area contributed by atoms with E-state index in [2.05, 4.69) is 72.9 Å². The number of amides is 1. The molecule has 0 bridgehead atoms. The normalized spacial score (nSPS) is 23.4. The van der Waals surface area contributed by atoms with Crippen molar-refractivity contribution >= 4 is 53.9 Å². The van der Waals surface area contributed by atoms with Gasteiger partial charge in [0.15, 0.2) is 0 Å². The van der Waals surface area contributed by atoms with Gasteiger partial charge in [-0.05, 0) is 122 Å². The van der Waals surface area contributed by atoms with Gasteiger partial charge >= 0.3 is 5.69 Å². The van der Waals surface area contributed by atoms with Gasteiger partial charge in [-0.1, -0.05) is 38.1 Å². The minimum atomic E-state index is -4.62. The van der Waals surface area contributed by atoms with Crippen LogP contribution in [0.15, 0.2) is 84.1 Å². The smallest absolute Gasteiger partial charge is 0.312 e. The van der Waals surface area contributed by atoms with Gasteiger partial charge < -0.3 is 19.9 Å². The highest BCUT2D eigenvalue weighted by atomic mass is 32.2. The number of pyridine rings is 2. The van der Waals surface area contributed by atoms with E-state index in [1.54, 1.807) is 30.5 Å². The molecule has 5 aromatic rings. The number of fused-ring (bicyclic) bond motifs is 1. The van der Waals surface area contributed by atoms with Gasteiger partial charge in [0.25, 0.3) is 15.9 Å². The predicted molar refractivity (Wildman–Crippen MR) is 258 cm³/mol. The van der Waals surface area contributed by atoms with Crippen LogP contribution in [-0.4, -0.2) is 87.0 Å². The average molecular weight is 950 g/mol. The molecule has 18 heteroatoms. The van der Waals surface area contributed by atoms with Crippen molar-refractivity contribution in [1.29, 1.82) is 4.78 Å². The molecule has 3 aliphatic carbocycles. The second kappa shape index (κ2) is 17.5. The molecule has 1 spiro atoms. The summed E-state index contributed by atoms with van der Waals surface area (Å²) in [5, 5.41) is 16.0. The van der Waals surface area contributed by atoms with E-state index in [0.29, 0.717) is 53.9 Å². The van der Waals surface area contributed by atoms with E-state index in [9.17, 15) is 27.5 Å². The molecule has 354 valence electrons. The highest BCUT2D eigenvalue weighted by Crippen LogP contribution is 2.54. The van der Waals surface area contributed by atoms with Crippen LogP contribution in [0.5, 0.6) is 11.5 Å². The van der Waals surface area contributed by atoms with Gasteiger partial charge in [-0.25, -0.2) is 27.3 Å². The first-order chi connectivity index (χ1) is 32.0. The molecule has 2 aromatic carbocycles. The van der Waals surface area contributed by atoms with Crippen LogP contribution in [0.1, 0.15) is 112 Å². The number of aromatic nitrogens is 3. The number of nitro groups is 1. The second-order valence-electron chi connectivity index (χ2n) is 20.5. The summed E-state index contributed by atoms with van der Waals surface area (Å²) >= 11 is 0. The van der Waals surface area contributed by atoms with Gasteiger partial charge in [-0.15, -0.1) is 0 Å². The highest BCUT2D eigenvalue weighted by molar-refractivity contribution is 7.92. The Bertz CT molecular complexity index is 2930. The Morgan fingerprint density at radius 3 is 2.45 bits per heavy atom. The molecule has 16 nitrogen and oxygen atoms in total. The number of piperidine rings is 1. The summed E-state index contributed by atoms with van der Waals surface area (Å²) < 4.78 is 57.8. The summed E-state index contributed by atoms with van der Waals surface area (Å²) in [7, 11) is -7.27. The zero-order chi connectivity index (χ0) is 46.7. The number of aromatic amines is 1. The van der Waals surface area contributed by atoms with Crippen molar-refractivity contribution in [2.75, 3.05) is 47.9 Å². The number of rotatable bonds is 13. The van der Waals surface area contributed by atoms with E-state index in [0.717, 1.165) is 87.8 Å². The summed E-state index contributed by atoms with van der Waals surface area (Å²) in [6.07, 6.45) is 14.8. The van der Waals surface area contributed by atoms with Crippen molar-refractivity contribution in [3.8, 4) is 11.5 Å². The molecule has 2 atom stereocenters. The largest absolute Gasteiger partial charge is 0.455 e. The number of sulfonamides is 1. The van der Waals surface area contributed by atoms with Gasteiger partial charge in [0, 0.05) is 83.1 Å². The third-order valence-electron chi connectivity index (χ3n) is 15.3. The van der Waals surface area contributed by atoms with Gasteiger partial charge in [-0.3, -0.25) is 24.6 Å². The number of nitrogens with zero attached hydrogens (tertiary/aromatic N) is 5. The maximum Gasteiger partial charge on any atom is 0.312 e. The standard InChI is InChI=1S/C49H59N9O7S2/c1-48(2)14-11-32(12-15-48)28-52-46-42(58(60)61)25-38(30-54-46)67(63,64)55-47(59)41-10-9-35(24-44(41)65-37-23-34-13-18-51-45(34)53-29-37)56-19-16-49(17-20-56)26-36(27-49)57-21-22-66(50,62)31-43(57)40-6-4-3-5-39(40)33-7-8-33/h3-6,9-10,13,18,23-25,29-30,32-33,36,43,50H,7-8,11-12,14-17,19-22,26-28,31H2,1-2H3,(H,51,53)(H,52,54)(H,55,59)/t43-,66?/m0/s1. The van der Waals surface area contributed by atoms with E-state index in [-0.39, 0.29) is 34.0 Å². The maximum atomic E-state index is 14.0. The van der Waals surface area contributed by atoms with Crippen molar-refractivity contribution < 1.29 is 27.1 Å². The molecule has 5 fully saturated rings. The Morgan fingerprint density at radius 2 is 1.72 bits per heavy atom. The topological polar surface area (TPSA) is 217 Å². The number of hydrogen-bond donors (Lipinski definition) is 4. The van der Waals surface area contributed by atoms with E-state index in [1.165, 1.54) is 30.2 Å². The summed E-state index contributed by atoms with van der Waals surface area (Å²) in [4.78, 5) is 41.4. The summed E-state index contributed by atoms with van der Waals surface area (Å²) in [6.45, 7) is 7.17. The molecule has 5 aliphatic rings. The number of nitrogens with one attached hydrogen (secondary N) is 4. The number of carbonyl (C=O) groups excluding carboxylic acids is 1. The molecule has 10 rings (SSSR count). The first kappa shape index (κ1) is 45.2. The number of carbonyl (C=O) groups is 1. The van der Waals surface area contributed by atoms with E-state index >= 15 is 0 Å². The molecule has 3 aromatic heterocycles. The van der Waals surface area contributed by atoms with Gasteiger partial charge in [0.05, 0.1) is 28.6 Å². The Kier molecular flexibility index (Phi) is 11.8. The lowest BCUT2D eigenvalue weighted by molar-refractivity contribution is -0.384. The van der Waals surface area contributed by atoms with Crippen LogP contribution in [0, 0.1) is 31.6 Å². The molecular weight excluding hydrogens is 891 g/mol. The molecule has 1 unspecified atom stereocenters. The summed E-state index contributed by atoms with van der Waals surface area (Å²) in [5.41, 5.74) is 3.98. The molecule has 2 aliphatic heterocycles. The van der Waals surface area contributed by atoms with Crippen molar-refractivity contribution in [3.05, 3.63) is 106 Å². The Balaban J connectivity index is 0.840. The van der Waals surface area contributed by atoms with Crippen LogP contribution >= 0.6 is 0 Å². The minimum absolute atomic E-state index is 0.00251. The third kappa shape index (κ3) is 9.61. The van der Waals surface area contributed by atoms with Crippen LogP contribution in [0.2, 0.25) is 0 Å². The van der Waals surface area contributed by atoms with Crippen molar-refractivity contribution in [2.45, 2.75) is 101 Å². The third-order valence-corrected chi connectivity index (χ3v) is 18.3. The average Bonchev–Trinajstić information content (AvgIpc) is 4.04. The first-order valence-corrected chi connectivity index (χ1v) is 26.9. The van der Waals surface area contributed by atoms with E-state index < -0.39 is 41.2 Å². The van der Waals surface area contributed by atoms with Crippen LogP contribution in [0.3, 0.4) is 0 Å². The SMILES string of the molecule is CC1(C)CCC(CNc2ncc(S(=O)(=O)NC(=O)c3ccc(N4CCC5(CC4)CC(N4CCS(=N)(=O)C[C@H]4c4ccccc4C4CC4)C5)cc3Oc3cnc4[nH]ccc4c3)cc2[N+](=O)[O-])CC1. The number of ether oxygens (including phenoxy) is 1. The van der Waals surface area contributed by atoms with E-state index in [4.69, 9.17) is 9.52 Å². The lowest BCUT2D eigenvalue weighted by Crippen LogP contribution is -2.58. The summed E-state index contributed by atoms with van der Waals surface area (Å²) in [6, 6.07) is 18.6. The molecule has 0 radical (unpaired) electrons. The Morgan fingerprint density at radius 1 is 0.970 bits per heavy atom. The lowest BCUT2D eigenvalue weighted by Gasteiger charge is -2.57. The molecule has 4 N–H and O–H groups in total. The zero-order valence-electron chi connectivity index (χ0n) is 38.0. The Labute approximate surface area is 391 Å². The first-order valence-electron chi connectivity index (χ1n) is 23.6. The minimum Gasteiger partial charge on any atom is -0.455 e. The molecule has 67 heavy (non-hydrogen) atoms. The van der Waals surface area contributed by atoms with Crippen LogP contribution < -0.4 is 19.7 Å². The molecule has 3 saturated carbocycles. The Hall–Kier alpha value is -5.59.